The monoisotopic (exact) mass is 280 g/mol. The largest absolute Gasteiger partial charge is 0.481 e. The number of nitrogens with zero attached hydrogens (tertiary/aromatic N) is 4. The van der Waals surface area contributed by atoms with Crippen LogP contribution >= 0.6 is 11.6 Å². The SMILES string of the molecule is Cc1c(Cl)cccc1-c1nnnn1CCCC(=O)O. The molecule has 0 saturated heterocycles. The number of carboxylic acids is 1. The molecule has 2 aromatic rings. The van der Waals surface area contributed by atoms with E-state index in [4.69, 9.17) is 16.7 Å². The van der Waals surface area contributed by atoms with Crippen molar-refractivity contribution in [3.63, 3.8) is 0 Å². The minimum atomic E-state index is -0.825. The molecular weight excluding hydrogens is 268 g/mol. The van der Waals surface area contributed by atoms with Gasteiger partial charge in [-0.05, 0) is 35.4 Å². The van der Waals surface area contributed by atoms with E-state index in [1.807, 2.05) is 19.1 Å². The first-order valence-electron chi connectivity index (χ1n) is 5.83. The Hall–Kier alpha value is -1.95. The van der Waals surface area contributed by atoms with Gasteiger partial charge in [0.15, 0.2) is 5.82 Å². The lowest BCUT2D eigenvalue weighted by Gasteiger charge is -2.07. The zero-order valence-electron chi connectivity index (χ0n) is 10.4. The number of aliphatic carboxylic acids is 1. The average molecular weight is 281 g/mol. The summed E-state index contributed by atoms with van der Waals surface area (Å²) < 4.78 is 1.60. The van der Waals surface area contributed by atoms with Crippen LogP contribution in [0.5, 0.6) is 0 Å². The van der Waals surface area contributed by atoms with Gasteiger partial charge in [-0.25, -0.2) is 4.68 Å². The Kier molecular flexibility index (Phi) is 4.11. The lowest BCUT2D eigenvalue weighted by Crippen LogP contribution is -2.06. The van der Waals surface area contributed by atoms with Gasteiger partial charge in [-0.15, -0.1) is 5.10 Å². The lowest BCUT2D eigenvalue weighted by atomic mass is 10.1. The van der Waals surface area contributed by atoms with Crippen LogP contribution in [-0.4, -0.2) is 31.3 Å². The van der Waals surface area contributed by atoms with Crippen molar-refractivity contribution >= 4 is 17.6 Å². The van der Waals surface area contributed by atoms with Crippen LogP contribution in [0.3, 0.4) is 0 Å². The number of benzene rings is 1. The molecule has 1 heterocycles. The fourth-order valence-electron chi connectivity index (χ4n) is 1.78. The molecule has 0 aliphatic heterocycles. The standard InChI is InChI=1S/C12H13ClN4O2/c1-8-9(4-2-5-10(8)13)12-14-15-16-17(12)7-3-6-11(18)19/h2,4-5H,3,6-7H2,1H3,(H,18,19). The molecule has 0 saturated carbocycles. The molecule has 0 unspecified atom stereocenters. The molecule has 0 aliphatic rings. The van der Waals surface area contributed by atoms with Gasteiger partial charge in [0.05, 0.1) is 0 Å². The highest BCUT2D eigenvalue weighted by atomic mass is 35.5. The smallest absolute Gasteiger partial charge is 0.303 e. The van der Waals surface area contributed by atoms with Crippen LogP contribution in [0.4, 0.5) is 0 Å². The Balaban J connectivity index is 2.24. The third-order valence-corrected chi connectivity index (χ3v) is 3.21. The van der Waals surface area contributed by atoms with Gasteiger partial charge in [0.1, 0.15) is 0 Å². The predicted molar refractivity (Wildman–Crippen MR) is 69.9 cm³/mol. The summed E-state index contributed by atoms with van der Waals surface area (Å²) in [6.45, 7) is 2.36. The van der Waals surface area contributed by atoms with E-state index >= 15 is 0 Å². The number of carbonyl (C=O) groups is 1. The first-order valence-corrected chi connectivity index (χ1v) is 6.21. The zero-order valence-corrected chi connectivity index (χ0v) is 11.1. The first-order chi connectivity index (χ1) is 9.09. The van der Waals surface area contributed by atoms with Crippen molar-refractivity contribution in [3.8, 4) is 11.4 Å². The highest BCUT2D eigenvalue weighted by Crippen LogP contribution is 2.26. The summed E-state index contributed by atoms with van der Waals surface area (Å²) in [5.74, 6) is -0.223. The minimum Gasteiger partial charge on any atom is -0.481 e. The fourth-order valence-corrected chi connectivity index (χ4v) is 1.95. The predicted octanol–water partition coefficient (Wildman–Crippen LogP) is 2.17. The number of rotatable bonds is 5. The summed E-state index contributed by atoms with van der Waals surface area (Å²) in [6, 6.07) is 5.53. The molecule has 100 valence electrons. The van der Waals surface area contributed by atoms with E-state index in [0.717, 1.165) is 11.1 Å². The Morgan fingerprint density at radius 3 is 3.00 bits per heavy atom. The van der Waals surface area contributed by atoms with Crippen LogP contribution in [0.1, 0.15) is 18.4 Å². The van der Waals surface area contributed by atoms with Gasteiger partial charge in [0, 0.05) is 23.6 Å². The van der Waals surface area contributed by atoms with Crippen molar-refractivity contribution in [1.29, 1.82) is 0 Å². The number of hydrogen-bond donors (Lipinski definition) is 1. The van der Waals surface area contributed by atoms with Crippen molar-refractivity contribution in [2.75, 3.05) is 0 Å². The second-order valence-corrected chi connectivity index (χ2v) is 4.54. The maximum absolute atomic E-state index is 10.5. The second kappa shape index (κ2) is 5.79. The second-order valence-electron chi connectivity index (χ2n) is 4.14. The van der Waals surface area contributed by atoms with E-state index < -0.39 is 5.97 Å². The third-order valence-electron chi connectivity index (χ3n) is 2.80. The van der Waals surface area contributed by atoms with E-state index in [2.05, 4.69) is 15.5 Å². The molecule has 7 heteroatoms. The Morgan fingerprint density at radius 2 is 2.26 bits per heavy atom. The molecule has 2 rings (SSSR count). The topological polar surface area (TPSA) is 80.9 Å². The van der Waals surface area contributed by atoms with E-state index in [-0.39, 0.29) is 6.42 Å². The number of aromatic nitrogens is 4. The van der Waals surface area contributed by atoms with Crippen LogP contribution < -0.4 is 0 Å². The van der Waals surface area contributed by atoms with Crippen LogP contribution in [0, 0.1) is 6.92 Å². The maximum Gasteiger partial charge on any atom is 0.303 e. The van der Waals surface area contributed by atoms with Crippen molar-refractivity contribution in [2.45, 2.75) is 26.3 Å². The number of hydrogen-bond acceptors (Lipinski definition) is 4. The molecular formula is C12H13ClN4O2. The molecule has 1 N–H and O–H groups in total. The summed E-state index contributed by atoms with van der Waals surface area (Å²) in [5.41, 5.74) is 1.76. The van der Waals surface area contributed by atoms with Crippen molar-refractivity contribution in [3.05, 3.63) is 28.8 Å². The minimum absolute atomic E-state index is 0.0911. The fraction of sp³-hybridized carbons (Fsp3) is 0.333. The highest BCUT2D eigenvalue weighted by molar-refractivity contribution is 6.31. The van der Waals surface area contributed by atoms with Crippen molar-refractivity contribution in [2.24, 2.45) is 0 Å². The Bertz CT molecular complexity index is 597. The van der Waals surface area contributed by atoms with Gasteiger partial charge in [-0.1, -0.05) is 23.7 Å². The molecule has 1 aromatic heterocycles. The summed E-state index contributed by atoms with van der Waals surface area (Å²) in [5, 5.41) is 20.8. The van der Waals surface area contributed by atoms with E-state index in [1.54, 1.807) is 10.7 Å². The van der Waals surface area contributed by atoms with E-state index in [9.17, 15) is 4.79 Å². The molecule has 6 nitrogen and oxygen atoms in total. The maximum atomic E-state index is 10.5. The summed E-state index contributed by atoms with van der Waals surface area (Å²) in [6.07, 6.45) is 0.570. The van der Waals surface area contributed by atoms with Crippen molar-refractivity contribution < 1.29 is 9.90 Å². The summed E-state index contributed by atoms with van der Waals surface area (Å²) >= 11 is 6.07. The molecule has 0 atom stereocenters. The molecule has 0 bridgehead atoms. The van der Waals surface area contributed by atoms with Gasteiger partial charge in [-0.2, -0.15) is 0 Å². The molecule has 19 heavy (non-hydrogen) atoms. The molecule has 0 amide bonds. The van der Waals surface area contributed by atoms with Gasteiger partial charge < -0.3 is 5.11 Å². The number of carboxylic acid groups (broad SMARTS) is 1. The first kappa shape index (κ1) is 13.5. The summed E-state index contributed by atoms with van der Waals surface area (Å²) in [7, 11) is 0. The normalized spacial score (nSPS) is 10.6. The average Bonchev–Trinajstić information content (AvgIpc) is 2.80. The molecule has 0 fully saturated rings. The van der Waals surface area contributed by atoms with Crippen molar-refractivity contribution in [1.82, 2.24) is 20.2 Å². The third kappa shape index (κ3) is 3.08. The van der Waals surface area contributed by atoms with Crippen LogP contribution in [0.15, 0.2) is 18.2 Å². The Morgan fingerprint density at radius 1 is 1.47 bits per heavy atom. The van der Waals surface area contributed by atoms with Crippen LogP contribution in [0.25, 0.3) is 11.4 Å². The lowest BCUT2D eigenvalue weighted by molar-refractivity contribution is -0.137. The molecule has 0 aliphatic carbocycles. The quantitative estimate of drug-likeness (QED) is 0.908. The molecule has 0 radical (unpaired) electrons. The van der Waals surface area contributed by atoms with Crippen LogP contribution in [-0.2, 0) is 11.3 Å². The van der Waals surface area contributed by atoms with Crippen LogP contribution in [0.2, 0.25) is 5.02 Å². The number of aryl methyl sites for hydroxylation is 1. The van der Waals surface area contributed by atoms with Gasteiger partial charge in [0.2, 0.25) is 0 Å². The highest BCUT2D eigenvalue weighted by Gasteiger charge is 2.12. The van der Waals surface area contributed by atoms with Gasteiger partial charge in [0.25, 0.3) is 0 Å². The van der Waals surface area contributed by atoms with E-state index in [1.165, 1.54) is 0 Å². The van der Waals surface area contributed by atoms with E-state index in [0.29, 0.717) is 23.8 Å². The molecule has 0 spiro atoms. The van der Waals surface area contributed by atoms with Gasteiger partial charge >= 0.3 is 5.97 Å². The molecule has 1 aromatic carbocycles. The number of halogens is 1. The Labute approximate surface area is 115 Å². The summed E-state index contributed by atoms with van der Waals surface area (Å²) in [4.78, 5) is 10.5. The number of tetrazole rings is 1. The van der Waals surface area contributed by atoms with Gasteiger partial charge in [-0.3, -0.25) is 4.79 Å². The zero-order chi connectivity index (χ0) is 13.8.